The second kappa shape index (κ2) is 8.27. The predicted molar refractivity (Wildman–Crippen MR) is 104 cm³/mol. The van der Waals surface area contributed by atoms with E-state index in [1.54, 1.807) is 0 Å². The first-order valence-electron chi connectivity index (χ1n) is 9.54. The number of pyridine rings is 1. The average molecular weight is 362 g/mol. The van der Waals surface area contributed by atoms with Crippen LogP contribution in [-0.4, -0.2) is 11.8 Å². The highest BCUT2D eigenvalue weighted by Gasteiger charge is 2.18. The number of aromatic nitrogens is 1. The van der Waals surface area contributed by atoms with Crippen molar-refractivity contribution in [1.82, 2.24) is 4.98 Å². The Hall–Kier alpha value is -1.48. The zero-order valence-electron chi connectivity index (χ0n) is 15.1. The Morgan fingerprint density at radius 2 is 1.40 bits per heavy atom. The molecule has 1 aromatic heterocycles. The van der Waals surface area contributed by atoms with E-state index < -0.39 is 0 Å². The van der Waals surface area contributed by atoms with Crippen molar-refractivity contribution in [3.8, 4) is 11.5 Å². The number of aryl methyl sites for hydroxylation is 2. The van der Waals surface area contributed by atoms with Crippen molar-refractivity contribution in [2.75, 3.05) is 6.79 Å². The van der Waals surface area contributed by atoms with Gasteiger partial charge in [-0.05, 0) is 49.8 Å². The van der Waals surface area contributed by atoms with Crippen LogP contribution in [0.1, 0.15) is 68.2 Å². The molecule has 1 aliphatic heterocycles. The molecule has 0 amide bonds. The molecule has 2 aliphatic rings. The molecule has 4 rings (SSSR count). The molecule has 4 heteroatoms. The van der Waals surface area contributed by atoms with E-state index in [1.165, 1.54) is 80.0 Å². The van der Waals surface area contributed by atoms with E-state index >= 15 is 0 Å². The van der Waals surface area contributed by atoms with Gasteiger partial charge in [0, 0.05) is 17.1 Å². The average Bonchev–Trinajstić information content (AvgIpc) is 3.02. The zero-order valence-corrected chi connectivity index (χ0v) is 15.9. The molecular weight excluding hydrogens is 334 g/mol. The fourth-order valence-electron chi connectivity index (χ4n) is 4.11. The summed E-state index contributed by atoms with van der Waals surface area (Å²) in [5, 5.41) is 1.23. The Labute approximate surface area is 156 Å². The highest BCUT2D eigenvalue weighted by molar-refractivity contribution is 5.87. The monoisotopic (exact) mass is 361 g/mol. The van der Waals surface area contributed by atoms with Crippen molar-refractivity contribution < 1.29 is 9.47 Å². The minimum absolute atomic E-state index is 0. The number of ether oxygens (including phenoxy) is 2. The van der Waals surface area contributed by atoms with Gasteiger partial charge >= 0.3 is 0 Å². The summed E-state index contributed by atoms with van der Waals surface area (Å²) < 4.78 is 11.1. The maximum atomic E-state index is 5.57. The lowest BCUT2D eigenvalue weighted by Gasteiger charge is -2.16. The molecule has 2 heterocycles. The highest BCUT2D eigenvalue weighted by Crippen LogP contribution is 2.38. The van der Waals surface area contributed by atoms with Gasteiger partial charge < -0.3 is 9.47 Å². The quantitative estimate of drug-likeness (QED) is 0.584. The standard InChI is InChI=1S/C21H27NO2.ClH/c1-15-16-10-8-6-4-2-3-5-7-9-11-18(16)22-19-13-21-20(12-17(15)19)23-14-24-21;/h12-13H,2-11,14H2,1H3;1H. The van der Waals surface area contributed by atoms with Crippen LogP contribution in [0.3, 0.4) is 0 Å². The number of rotatable bonds is 0. The number of halogens is 1. The number of hydrogen-bond acceptors (Lipinski definition) is 3. The van der Waals surface area contributed by atoms with Crippen LogP contribution in [0.4, 0.5) is 0 Å². The van der Waals surface area contributed by atoms with Gasteiger partial charge in [0.2, 0.25) is 6.79 Å². The second-order valence-electron chi connectivity index (χ2n) is 7.21. The maximum absolute atomic E-state index is 5.57. The van der Waals surface area contributed by atoms with Gasteiger partial charge in [0.05, 0.1) is 5.52 Å². The Kier molecular flexibility index (Phi) is 6.06. The Balaban J connectivity index is 0.00000182. The lowest BCUT2D eigenvalue weighted by molar-refractivity contribution is 0.174. The summed E-state index contributed by atoms with van der Waals surface area (Å²) in [7, 11) is 0. The molecule has 1 aromatic carbocycles. The predicted octanol–water partition coefficient (Wildman–Crippen LogP) is 5.91. The summed E-state index contributed by atoms with van der Waals surface area (Å²) in [5.74, 6) is 1.70. The van der Waals surface area contributed by atoms with Gasteiger partial charge in [-0.2, -0.15) is 0 Å². The summed E-state index contributed by atoms with van der Waals surface area (Å²) in [6.07, 6.45) is 13.1. The van der Waals surface area contributed by atoms with Gasteiger partial charge in [0.15, 0.2) is 11.5 Å². The SMILES string of the molecule is Cc1c2c(nc3cc4c(cc13)OCO4)CCCCCCCCCC2.Cl. The van der Waals surface area contributed by atoms with Gasteiger partial charge in [0.1, 0.15) is 0 Å². The van der Waals surface area contributed by atoms with E-state index in [1.807, 2.05) is 0 Å². The molecule has 0 fully saturated rings. The number of nitrogens with zero attached hydrogens (tertiary/aromatic N) is 1. The van der Waals surface area contributed by atoms with Crippen LogP contribution in [0.15, 0.2) is 12.1 Å². The third-order valence-corrected chi connectivity index (χ3v) is 5.54. The molecule has 0 bridgehead atoms. The molecule has 0 spiro atoms. The van der Waals surface area contributed by atoms with Crippen molar-refractivity contribution in [2.45, 2.75) is 71.1 Å². The summed E-state index contributed by atoms with van der Waals surface area (Å²) >= 11 is 0. The Morgan fingerprint density at radius 1 is 0.800 bits per heavy atom. The van der Waals surface area contributed by atoms with Gasteiger partial charge in [-0.3, -0.25) is 4.98 Å². The van der Waals surface area contributed by atoms with Gasteiger partial charge in [0.25, 0.3) is 0 Å². The molecule has 0 unspecified atom stereocenters. The Morgan fingerprint density at radius 3 is 2.12 bits per heavy atom. The fourth-order valence-corrected chi connectivity index (χ4v) is 4.11. The number of fused-ring (bicyclic) bond motifs is 3. The lowest BCUT2D eigenvalue weighted by Crippen LogP contribution is -2.04. The van der Waals surface area contributed by atoms with Crippen molar-refractivity contribution in [1.29, 1.82) is 0 Å². The van der Waals surface area contributed by atoms with E-state index in [0.717, 1.165) is 23.4 Å². The van der Waals surface area contributed by atoms with Gasteiger partial charge in [-0.15, -0.1) is 12.4 Å². The van der Waals surface area contributed by atoms with E-state index in [4.69, 9.17) is 14.5 Å². The topological polar surface area (TPSA) is 31.4 Å². The highest BCUT2D eigenvalue weighted by atomic mass is 35.5. The summed E-state index contributed by atoms with van der Waals surface area (Å²) in [6, 6.07) is 4.18. The smallest absolute Gasteiger partial charge is 0.231 e. The first kappa shape index (κ1) is 18.3. The van der Waals surface area contributed by atoms with E-state index in [2.05, 4.69) is 19.1 Å². The van der Waals surface area contributed by atoms with Crippen molar-refractivity contribution in [2.24, 2.45) is 0 Å². The minimum atomic E-state index is 0. The van der Waals surface area contributed by atoms with E-state index in [9.17, 15) is 0 Å². The third-order valence-electron chi connectivity index (χ3n) is 5.54. The van der Waals surface area contributed by atoms with Crippen LogP contribution in [0, 0.1) is 6.92 Å². The first-order chi connectivity index (χ1) is 11.8. The van der Waals surface area contributed by atoms with Gasteiger partial charge in [-0.25, -0.2) is 0 Å². The molecule has 0 saturated heterocycles. The largest absolute Gasteiger partial charge is 0.454 e. The molecular formula is C21H28ClNO2. The molecule has 0 atom stereocenters. The van der Waals surface area contributed by atoms with Crippen LogP contribution >= 0.6 is 12.4 Å². The molecule has 136 valence electrons. The van der Waals surface area contributed by atoms with Crippen LogP contribution < -0.4 is 9.47 Å². The zero-order chi connectivity index (χ0) is 16.4. The maximum Gasteiger partial charge on any atom is 0.231 e. The third kappa shape index (κ3) is 3.87. The number of benzene rings is 1. The van der Waals surface area contributed by atoms with Crippen molar-refractivity contribution in [3.05, 3.63) is 29.0 Å². The molecule has 1 aliphatic carbocycles. The second-order valence-corrected chi connectivity index (χ2v) is 7.21. The Bertz CT molecular complexity index is 744. The molecule has 0 radical (unpaired) electrons. The van der Waals surface area contributed by atoms with Crippen molar-refractivity contribution in [3.63, 3.8) is 0 Å². The summed E-state index contributed by atoms with van der Waals surface area (Å²) in [4.78, 5) is 5.05. The summed E-state index contributed by atoms with van der Waals surface area (Å²) in [6.45, 7) is 2.58. The minimum Gasteiger partial charge on any atom is -0.454 e. The molecule has 0 N–H and O–H groups in total. The van der Waals surface area contributed by atoms with Crippen LogP contribution in [-0.2, 0) is 12.8 Å². The normalized spacial score (nSPS) is 18.0. The van der Waals surface area contributed by atoms with Crippen molar-refractivity contribution >= 4 is 23.3 Å². The van der Waals surface area contributed by atoms with E-state index in [0.29, 0.717) is 6.79 Å². The van der Waals surface area contributed by atoms with E-state index in [-0.39, 0.29) is 12.4 Å². The van der Waals surface area contributed by atoms with Crippen LogP contribution in [0.5, 0.6) is 11.5 Å². The molecule has 2 aromatic rings. The van der Waals surface area contributed by atoms with Crippen LogP contribution in [0.25, 0.3) is 10.9 Å². The molecule has 3 nitrogen and oxygen atoms in total. The first-order valence-corrected chi connectivity index (χ1v) is 9.54. The fraction of sp³-hybridized carbons (Fsp3) is 0.571. The lowest BCUT2D eigenvalue weighted by atomic mass is 9.93. The molecule has 0 saturated carbocycles. The number of hydrogen-bond donors (Lipinski definition) is 0. The summed E-state index contributed by atoms with van der Waals surface area (Å²) in [5.41, 5.74) is 5.26. The molecule has 25 heavy (non-hydrogen) atoms. The van der Waals surface area contributed by atoms with Gasteiger partial charge in [-0.1, -0.05) is 38.5 Å². The van der Waals surface area contributed by atoms with Crippen LogP contribution in [0.2, 0.25) is 0 Å².